The van der Waals surface area contributed by atoms with E-state index >= 15 is 0 Å². The molecule has 8 nitrogen and oxygen atoms in total. The fourth-order valence-corrected chi connectivity index (χ4v) is 6.26. The van der Waals surface area contributed by atoms with Crippen LogP contribution in [0, 0.1) is 0 Å². The van der Waals surface area contributed by atoms with Crippen molar-refractivity contribution in [2.45, 2.75) is 38.8 Å². The number of rotatable bonds is 9. The molecular formula is C34H34N4O4. The molecule has 8 heteroatoms. The number of fused-ring (bicyclic) bond motifs is 2. The van der Waals surface area contributed by atoms with Gasteiger partial charge in [-0.15, -0.1) is 0 Å². The van der Waals surface area contributed by atoms with Crippen molar-refractivity contribution in [3.63, 3.8) is 0 Å². The molecule has 1 N–H and O–H groups in total. The lowest BCUT2D eigenvalue weighted by atomic mass is 9.76. The average molecular weight is 563 g/mol. The van der Waals surface area contributed by atoms with Crippen LogP contribution in [0.4, 0.5) is 0 Å². The van der Waals surface area contributed by atoms with Crippen LogP contribution in [-0.4, -0.2) is 46.5 Å². The van der Waals surface area contributed by atoms with E-state index in [9.17, 15) is 9.59 Å². The largest absolute Gasteiger partial charge is 0.465 e. The van der Waals surface area contributed by atoms with Gasteiger partial charge in [0.2, 0.25) is 0 Å². The van der Waals surface area contributed by atoms with Gasteiger partial charge >= 0.3 is 11.9 Å². The Hall–Kier alpha value is -4.69. The summed E-state index contributed by atoms with van der Waals surface area (Å²) in [6.45, 7) is 4.38. The lowest BCUT2D eigenvalue weighted by molar-refractivity contribution is -0.144. The Bertz CT molecular complexity index is 1520. The van der Waals surface area contributed by atoms with Crippen LogP contribution in [0.2, 0.25) is 0 Å². The van der Waals surface area contributed by atoms with Gasteiger partial charge in [-0.1, -0.05) is 91.0 Å². The normalized spacial score (nSPS) is 14.6. The summed E-state index contributed by atoms with van der Waals surface area (Å²) >= 11 is 0. The van der Waals surface area contributed by atoms with E-state index < -0.39 is 17.5 Å². The molecule has 214 valence electrons. The standard InChI is InChI=1S/C34H34N4O4/c1-3-41-30(39)23-37-32(33(40)42-4-2)27-20-21-29-28(31(27)36-37)22-38(35-29)34(24-14-8-5-9-15-24,25-16-10-6-11-17-25)26-18-12-7-13-19-26/h5-19,35H,3-4,20-23H2,1-2H3. The number of hydrazine groups is 1. The fourth-order valence-electron chi connectivity index (χ4n) is 6.26. The molecule has 0 saturated heterocycles. The summed E-state index contributed by atoms with van der Waals surface area (Å²) in [5, 5.41) is 7.12. The van der Waals surface area contributed by atoms with Crippen LogP contribution in [0.5, 0.6) is 0 Å². The van der Waals surface area contributed by atoms with Crippen molar-refractivity contribution < 1.29 is 19.1 Å². The van der Waals surface area contributed by atoms with Crippen LogP contribution in [0.3, 0.4) is 0 Å². The van der Waals surface area contributed by atoms with E-state index in [1.807, 2.05) is 18.2 Å². The highest BCUT2D eigenvalue weighted by atomic mass is 16.5. The maximum absolute atomic E-state index is 13.1. The van der Waals surface area contributed by atoms with E-state index in [0.29, 0.717) is 25.1 Å². The highest BCUT2D eigenvalue weighted by Gasteiger charge is 2.47. The van der Waals surface area contributed by atoms with Crippen LogP contribution >= 0.6 is 0 Å². The van der Waals surface area contributed by atoms with Gasteiger partial charge in [0.15, 0.2) is 5.69 Å². The van der Waals surface area contributed by atoms with Gasteiger partial charge in [0.25, 0.3) is 0 Å². The van der Waals surface area contributed by atoms with Gasteiger partial charge in [0, 0.05) is 23.4 Å². The fraction of sp³-hybridized carbons (Fsp3) is 0.265. The van der Waals surface area contributed by atoms with Gasteiger partial charge in [0.1, 0.15) is 12.1 Å². The smallest absolute Gasteiger partial charge is 0.356 e. The molecule has 1 aromatic heterocycles. The Balaban J connectivity index is 1.48. The highest BCUT2D eigenvalue weighted by Crippen LogP contribution is 2.46. The Morgan fingerprint density at radius 1 is 0.810 bits per heavy atom. The minimum absolute atomic E-state index is 0.156. The number of nitrogens with zero attached hydrogens (tertiary/aromatic N) is 3. The van der Waals surface area contributed by atoms with E-state index in [1.54, 1.807) is 13.8 Å². The molecule has 1 aliphatic heterocycles. The van der Waals surface area contributed by atoms with Gasteiger partial charge in [0.05, 0.1) is 18.9 Å². The number of ether oxygens (including phenoxy) is 2. The molecule has 0 atom stereocenters. The number of carbonyl (C=O) groups is 2. The Morgan fingerprint density at radius 2 is 1.36 bits per heavy atom. The molecule has 0 spiro atoms. The van der Waals surface area contributed by atoms with E-state index in [1.165, 1.54) is 4.68 Å². The number of nitrogens with one attached hydrogen (secondary N) is 1. The van der Waals surface area contributed by atoms with E-state index in [2.05, 4.69) is 83.2 Å². The molecule has 3 aromatic carbocycles. The van der Waals surface area contributed by atoms with Crippen LogP contribution in [-0.2, 0) is 32.8 Å². The summed E-state index contributed by atoms with van der Waals surface area (Å²) in [6.07, 6.45) is 1.30. The zero-order valence-corrected chi connectivity index (χ0v) is 23.9. The SMILES string of the molecule is CCOC(=O)Cn1nc2c(c1C(=O)OCC)CCC1=C2CN(C(c2ccccc2)(c2ccccc2)c2ccccc2)N1. The molecule has 0 unspecified atom stereocenters. The first-order valence-corrected chi connectivity index (χ1v) is 14.4. The van der Waals surface area contributed by atoms with E-state index in [-0.39, 0.29) is 19.8 Å². The number of esters is 2. The molecule has 6 rings (SSSR count). The molecule has 4 aromatic rings. The maximum atomic E-state index is 13.1. The van der Waals surface area contributed by atoms with Crippen molar-refractivity contribution in [3.8, 4) is 0 Å². The van der Waals surface area contributed by atoms with Crippen molar-refractivity contribution in [3.05, 3.63) is 130 Å². The first kappa shape index (κ1) is 27.5. The third-order valence-corrected chi connectivity index (χ3v) is 7.94. The first-order chi connectivity index (χ1) is 20.6. The summed E-state index contributed by atoms with van der Waals surface area (Å²) < 4.78 is 12.0. The predicted octanol–water partition coefficient (Wildman–Crippen LogP) is 5.09. The zero-order valence-electron chi connectivity index (χ0n) is 23.9. The number of carbonyl (C=O) groups excluding carboxylic acids is 2. The van der Waals surface area contributed by atoms with E-state index in [4.69, 9.17) is 14.6 Å². The predicted molar refractivity (Wildman–Crippen MR) is 159 cm³/mol. The Labute approximate surface area is 245 Å². The van der Waals surface area contributed by atoms with Crippen molar-refractivity contribution in [1.82, 2.24) is 20.2 Å². The van der Waals surface area contributed by atoms with Crippen LogP contribution in [0.15, 0.2) is 96.7 Å². The highest BCUT2D eigenvalue weighted by molar-refractivity contribution is 5.92. The van der Waals surface area contributed by atoms with Gasteiger partial charge in [-0.2, -0.15) is 10.1 Å². The average Bonchev–Trinajstić information content (AvgIpc) is 3.61. The minimum Gasteiger partial charge on any atom is -0.465 e. The molecule has 42 heavy (non-hydrogen) atoms. The number of hydrogen-bond donors (Lipinski definition) is 1. The Kier molecular flexibility index (Phi) is 7.63. The third-order valence-electron chi connectivity index (χ3n) is 7.94. The van der Waals surface area contributed by atoms with Crippen molar-refractivity contribution in [2.75, 3.05) is 19.8 Å². The topological polar surface area (TPSA) is 85.7 Å². The molecule has 0 fully saturated rings. The lowest BCUT2D eigenvalue weighted by Gasteiger charge is -2.43. The van der Waals surface area contributed by atoms with Gasteiger partial charge < -0.3 is 14.9 Å². The van der Waals surface area contributed by atoms with Crippen LogP contribution in [0.25, 0.3) is 5.57 Å². The van der Waals surface area contributed by atoms with Gasteiger partial charge in [-0.25, -0.2) is 9.48 Å². The summed E-state index contributed by atoms with van der Waals surface area (Å²) in [5.74, 6) is -0.922. The molecule has 1 aliphatic carbocycles. The summed E-state index contributed by atoms with van der Waals surface area (Å²) in [6, 6.07) is 31.5. The monoisotopic (exact) mass is 562 g/mol. The second-order valence-corrected chi connectivity index (χ2v) is 10.3. The second-order valence-electron chi connectivity index (χ2n) is 10.3. The quantitative estimate of drug-likeness (QED) is 0.225. The molecule has 2 heterocycles. The van der Waals surface area contributed by atoms with E-state index in [0.717, 1.165) is 39.2 Å². The summed E-state index contributed by atoms with van der Waals surface area (Å²) in [4.78, 5) is 25.6. The van der Waals surface area contributed by atoms with Crippen molar-refractivity contribution in [1.29, 1.82) is 0 Å². The van der Waals surface area contributed by atoms with Crippen molar-refractivity contribution >= 4 is 17.5 Å². The number of allylic oxidation sites excluding steroid dienone is 1. The van der Waals surface area contributed by atoms with Gasteiger partial charge in [-0.3, -0.25) is 4.79 Å². The molecule has 0 bridgehead atoms. The second kappa shape index (κ2) is 11.7. The molecule has 0 amide bonds. The van der Waals surface area contributed by atoms with Crippen LogP contribution < -0.4 is 5.43 Å². The number of aromatic nitrogens is 2. The molecule has 0 radical (unpaired) electrons. The first-order valence-electron chi connectivity index (χ1n) is 14.4. The Morgan fingerprint density at radius 3 is 1.88 bits per heavy atom. The summed E-state index contributed by atoms with van der Waals surface area (Å²) in [7, 11) is 0. The number of benzene rings is 3. The third kappa shape index (κ3) is 4.67. The van der Waals surface area contributed by atoms with Crippen molar-refractivity contribution in [2.24, 2.45) is 0 Å². The minimum atomic E-state index is -0.668. The lowest BCUT2D eigenvalue weighted by Crippen LogP contribution is -2.52. The number of hydrogen-bond acceptors (Lipinski definition) is 7. The maximum Gasteiger partial charge on any atom is 0.356 e. The summed E-state index contributed by atoms with van der Waals surface area (Å²) in [5.41, 5.74) is 10.4. The molecule has 0 saturated carbocycles. The van der Waals surface area contributed by atoms with Gasteiger partial charge in [-0.05, 0) is 43.4 Å². The van der Waals surface area contributed by atoms with Crippen LogP contribution in [0.1, 0.15) is 58.7 Å². The molecule has 2 aliphatic rings. The zero-order chi connectivity index (χ0) is 29.1. The molecular weight excluding hydrogens is 528 g/mol.